The number of carbonyl (C=O) groups is 2. The first-order valence-corrected chi connectivity index (χ1v) is 17.3. The predicted molar refractivity (Wildman–Crippen MR) is 182 cm³/mol. The van der Waals surface area contributed by atoms with Crippen LogP contribution in [0.2, 0.25) is 10.0 Å². The van der Waals surface area contributed by atoms with Crippen LogP contribution < -0.4 is 15.1 Å². The number of esters is 1. The molecule has 0 aliphatic carbocycles. The number of hydrogen-bond acceptors (Lipinski definition) is 11. The van der Waals surface area contributed by atoms with Crippen LogP contribution in [-0.2, 0) is 9.47 Å². The van der Waals surface area contributed by atoms with E-state index in [1.54, 1.807) is 26.2 Å². The number of halogens is 2. The van der Waals surface area contributed by atoms with Crippen molar-refractivity contribution in [2.75, 3.05) is 68.8 Å². The normalized spacial score (nSPS) is 19.1. The molecule has 12 nitrogen and oxygen atoms in total. The molecule has 15 heteroatoms. The van der Waals surface area contributed by atoms with Crippen molar-refractivity contribution >= 4 is 57.4 Å². The summed E-state index contributed by atoms with van der Waals surface area (Å²) in [6.45, 7) is 16.5. The highest BCUT2D eigenvalue weighted by molar-refractivity contribution is 7.17. The van der Waals surface area contributed by atoms with E-state index in [0.29, 0.717) is 64.1 Å². The molecule has 2 fully saturated rings. The summed E-state index contributed by atoms with van der Waals surface area (Å²) < 4.78 is 11.5. The summed E-state index contributed by atoms with van der Waals surface area (Å²) in [7, 11) is 0. The Kier molecular flexibility index (Phi) is 11.4. The van der Waals surface area contributed by atoms with Crippen LogP contribution in [0.5, 0.6) is 0 Å². The number of rotatable bonds is 11. The zero-order valence-electron chi connectivity index (χ0n) is 26.9. The van der Waals surface area contributed by atoms with Crippen LogP contribution in [0.4, 0.5) is 10.9 Å². The number of ether oxygens (including phenoxy) is 2. The number of hydrogen-bond donors (Lipinski definition) is 2. The summed E-state index contributed by atoms with van der Waals surface area (Å²) in [5.41, 5.74) is 1.81. The van der Waals surface area contributed by atoms with E-state index in [0.717, 1.165) is 38.5 Å². The molecule has 3 aromatic rings. The van der Waals surface area contributed by atoms with Crippen LogP contribution in [0.15, 0.2) is 12.4 Å². The third-order valence-electron chi connectivity index (χ3n) is 8.09. The third-order valence-corrected chi connectivity index (χ3v) is 10.1. The van der Waals surface area contributed by atoms with Crippen molar-refractivity contribution in [3.8, 4) is 11.4 Å². The van der Waals surface area contributed by atoms with Crippen molar-refractivity contribution in [3.63, 3.8) is 0 Å². The maximum atomic E-state index is 13.1. The lowest BCUT2D eigenvalue weighted by molar-refractivity contribution is 0.0272. The van der Waals surface area contributed by atoms with Crippen LogP contribution in [-0.4, -0.2) is 108 Å². The van der Waals surface area contributed by atoms with Crippen molar-refractivity contribution in [2.24, 2.45) is 5.92 Å². The molecule has 0 bridgehead atoms. The highest BCUT2D eigenvalue weighted by atomic mass is 35.5. The number of H-pyrrole nitrogens is 1. The van der Waals surface area contributed by atoms with Gasteiger partial charge in [0.1, 0.15) is 27.8 Å². The molecule has 0 saturated carbocycles. The molecule has 2 aliphatic heterocycles. The number of carbonyl (C=O) groups excluding carboxylic acids is 2. The number of piperidine rings is 1. The Bertz CT molecular complexity index is 1510. The molecule has 0 radical (unpaired) electrons. The van der Waals surface area contributed by atoms with E-state index in [9.17, 15) is 9.59 Å². The fraction of sp³-hybridized carbons (Fsp3) is 0.581. The lowest BCUT2D eigenvalue weighted by Crippen LogP contribution is -2.55. The zero-order chi connectivity index (χ0) is 33.0. The number of nitrogens with zero attached hydrogens (tertiary/aromatic N) is 6. The standard InChI is InChI=1S/C31H42Cl2N8O4S/c1-6-44-22-17-41(9-8-20(22)37-29(42)27-25(33)24(32)19(5)36-27)31-38-26(28(46-31)30(43)45-7-2)21-14-35-23(15-34-21)40-12-10-39(11-13-40)16-18(3)4/h14-15,18,20,22,36H,6-13,16-17H2,1-5H3,(H,37,42)/t20-,22+/m1/s1. The lowest BCUT2D eigenvalue weighted by atomic mass is 10.0. The average molecular weight is 694 g/mol. The van der Waals surface area contributed by atoms with Gasteiger partial charge in [-0.15, -0.1) is 0 Å². The molecule has 2 saturated heterocycles. The van der Waals surface area contributed by atoms with Crippen LogP contribution >= 0.6 is 34.5 Å². The Balaban J connectivity index is 1.31. The number of thiazole rings is 1. The van der Waals surface area contributed by atoms with Gasteiger partial charge in [0, 0.05) is 58.1 Å². The first-order valence-electron chi connectivity index (χ1n) is 15.8. The summed E-state index contributed by atoms with van der Waals surface area (Å²) in [5.74, 6) is 0.652. The van der Waals surface area contributed by atoms with Crippen LogP contribution in [0.1, 0.15) is 60.0 Å². The minimum Gasteiger partial charge on any atom is -0.462 e. The van der Waals surface area contributed by atoms with E-state index in [1.807, 2.05) is 6.92 Å². The molecule has 2 aliphatic rings. The summed E-state index contributed by atoms with van der Waals surface area (Å²) in [5, 5.41) is 4.24. The van der Waals surface area contributed by atoms with E-state index in [1.165, 1.54) is 11.3 Å². The summed E-state index contributed by atoms with van der Waals surface area (Å²) in [6.07, 6.45) is 3.70. The van der Waals surface area contributed by atoms with Crippen LogP contribution in [0, 0.1) is 12.8 Å². The number of amides is 1. The monoisotopic (exact) mass is 692 g/mol. The second kappa shape index (κ2) is 15.3. The lowest BCUT2D eigenvalue weighted by Gasteiger charge is -2.38. The number of aromatic nitrogens is 4. The third kappa shape index (κ3) is 7.76. The highest BCUT2D eigenvalue weighted by Gasteiger charge is 2.35. The van der Waals surface area contributed by atoms with Crippen molar-refractivity contribution < 1.29 is 19.1 Å². The van der Waals surface area contributed by atoms with E-state index in [2.05, 4.69) is 38.8 Å². The Morgan fingerprint density at radius 2 is 1.83 bits per heavy atom. The minimum absolute atomic E-state index is 0.198. The Morgan fingerprint density at radius 1 is 1.07 bits per heavy atom. The molecule has 2 N–H and O–H groups in total. The molecule has 5 rings (SSSR count). The maximum absolute atomic E-state index is 13.1. The number of piperazine rings is 1. The molecule has 2 atom stereocenters. The minimum atomic E-state index is -0.450. The van der Waals surface area contributed by atoms with Crippen LogP contribution in [0.25, 0.3) is 11.4 Å². The molecule has 0 unspecified atom stereocenters. The van der Waals surface area contributed by atoms with Gasteiger partial charge in [0.2, 0.25) is 0 Å². The summed E-state index contributed by atoms with van der Waals surface area (Å²) >= 11 is 13.7. The zero-order valence-corrected chi connectivity index (χ0v) is 29.3. The highest BCUT2D eigenvalue weighted by Crippen LogP contribution is 2.35. The SMILES string of the molecule is CCOC(=O)c1sc(N2CC[C@@H](NC(=O)c3[nH]c(C)c(Cl)c3Cl)[C@@H](OCC)C2)nc1-c1cnc(N2CCN(CC(C)C)CC2)cn1. The first-order chi connectivity index (χ1) is 22.1. The topological polar surface area (TPSA) is 129 Å². The Hall–Kier alpha value is -2.97. The molecule has 0 aromatic carbocycles. The molecular formula is C31H42Cl2N8O4S. The Morgan fingerprint density at radius 3 is 2.43 bits per heavy atom. The molecule has 3 aromatic heterocycles. The molecule has 0 spiro atoms. The summed E-state index contributed by atoms with van der Waals surface area (Å²) in [6, 6.07) is -0.267. The van der Waals surface area contributed by atoms with Gasteiger partial charge in [-0.25, -0.2) is 19.7 Å². The second-order valence-corrected chi connectivity index (χ2v) is 13.6. The first kappa shape index (κ1) is 34.4. The van der Waals surface area contributed by atoms with E-state index < -0.39 is 5.97 Å². The fourth-order valence-electron chi connectivity index (χ4n) is 5.84. The molecule has 5 heterocycles. The Labute approximate surface area is 283 Å². The number of nitrogens with one attached hydrogen (secondary N) is 2. The fourth-order valence-corrected chi connectivity index (χ4v) is 7.26. The predicted octanol–water partition coefficient (Wildman–Crippen LogP) is 4.91. The second-order valence-electron chi connectivity index (χ2n) is 11.9. The van der Waals surface area contributed by atoms with Gasteiger partial charge in [0.05, 0.1) is 41.2 Å². The van der Waals surface area contributed by atoms with Gasteiger partial charge in [-0.05, 0) is 33.1 Å². The quantitative estimate of drug-likeness (QED) is 0.268. The molecular weight excluding hydrogens is 651 g/mol. The summed E-state index contributed by atoms with van der Waals surface area (Å²) in [4.78, 5) is 50.5. The largest absolute Gasteiger partial charge is 0.462 e. The van der Waals surface area contributed by atoms with Crippen molar-refractivity contribution in [1.29, 1.82) is 0 Å². The van der Waals surface area contributed by atoms with E-state index in [-0.39, 0.29) is 35.4 Å². The van der Waals surface area contributed by atoms with Crippen molar-refractivity contribution in [1.82, 2.24) is 30.2 Å². The van der Waals surface area contributed by atoms with Gasteiger partial charge in [0.25, 0.3) is 5.91 Å². The number of aromatic amines is 1. The number of aryl methyl sites for hydroxylation is 1. The van der Waals surface area contributed by atoms with E-state index >= 15 is 0 Å². The van der Waals surface area contributed by atoms with Crippen molar-refractivity contribution in [3.05, 3.63) is 38.7 Å². The van der Waals surface area contributed by atoms with Gasteiger partial charge in [-0.2, -0.15) is 0 Å². The number of anilines is 2. The van der Waals surface area contributed by atoms with Crippen molar-refractivity contribution in [2.45, 2.75) is 53.2 Å². The maximum Gasteiger partial charge on any atom is 0.350 e. The molecule has 250 valence electrons. The van der Waals surface area contributed by atoms with Gasteiger partial charge >= 0.3 is 5.97 Å². The van der Waals surface area contributed by atoms with Gasteiger partial charge in [-0.3, -0.25) is 9.69 Å². The smallest absolute Gasteiger partial charge is 0.350 e. The van der Waals surface area contributed by atoms with Crippen LogP contribution in [0.3, 0.4) is 0 Å². The molecule has 1 amide bonds. The average Bonchev–Trinajstić information content (AvgIpc) is 3.60. The van der Waals surface area contributed by atoms with Gasteiger partial charge in [0.15, 0.2) is 5.13 Å². The van der Waals surface area contributed by atoms with Gasteiger partial charge < -0.3 is 29.6 Å². The van der Waals surface area contributed by atoms with Gasteiger partial charge in [-0.1, -0.05) is 48.4 Å². The van der Waals surface area contributed by atoms with E-state index in [4.69, 9.17) is 47.6 Å². The molecule has 46 heavy (non-hydrogen) atoms.